The molecule has 1 aromatic rings. The smallest absolute Gasteiger partial charge is 0.124 e. The number of nitrogens with zero attached hydrogens (tertiary/aromatic N) is 1. The van der Waals surface area contributed by atoms with Gasteiger partial charge in [-0.05, 0) is 39.0 Å². The van der Waals surface area contributed by atoms with Crippen molar-refractivity contribution in [2.24, 2.45) is 0 Å². The summed E-state index contributed by atoms with van der Waals surface area (Å²) in [4.78, 5) is 2.60. The van der Waals surface area contributed by atoms with Crippen LogP contribution in [0, 0.1) is 0 Å². The first-order valence-electron chi connectivity index (χ1n) is 7.03. The molecule has 0 saturated carbocycles. The highest BCUT2D eigenvalue weighted by molar-refractivity contribution is 5.38. The van der Waals surface area contributed by atoms with E-state index < -0.39 is 0 Å². The number of rotatable bonds is 2. The standard InChI is InChI=1S/C15H22N2O/c1-16-15-12-7-3-4-8-14(12)18-11-13(15)17-9-5-2-6-10-17/h3-4,7-8,13,15-16H,2,5-6,9-11H2,1H3. The molecule has 2 aliphatic heterocycles. The van der Waals surface area contributed by atoms with Crippen molar-refractivity contribution in [2.75, 3.05) is 26.7 Å². The van der Waals surface area contributed by atoms with Gasteiger partial charge in [0, 0.05) is 5.56 Å². The summed E-state index contributed by atoms with van der Waals surface area (Å²) in [6.45, 7) is 3.24. The van der Waals surface area contributed by atoms with Crippen molar-refractivity contribution in [3.05, 3.63) is 29.8 Å². The molecule has 2 unspecified atom stereocenters. The number of para-hydroxylation sites is 1. The Morgan fingerprint density at radius 2 is 1.94 bits per heavy atom. The summed E-state index contributed by atoms with van der Waals surface area (Å²) < 4.78 is 5.94. The molecule has 2 atom stereocenters. The van der Waals surface area contributed by atoms with Crippen LogP contribution in [0.1, 0.15) is 30.9 Å². The summed E-state index contributed by atoms with van der Waals surface area (Å²) in [6.07, 6.45) is 4.04. The van der Waals surface area contributed by atoms with Gasteiger partial charge < -0.3 is 10.1 Å². The molecule has 0 aromatic heterocycles. The molecule has 3 nitrogen and oxygen atoms in total. The highest BCUT2D eigenvalue weighted by atomic mass is 16.5. The van der Waals surface area contributed by atoms with Crippen LogP contribution in [0.15, 0.2) is 24.3 Å². The van der Waals surface area contributed by atoms with Crippen molar-refractivity contribution in [1.82, 2.24) is 10.2 Å². The summed E-state index contributed by atoms with van der Waals surface area (Å²) >= 11 is 0. The molecule has 3 heteroatoms. The van der Waals surface area contributed by atoms with E-state index in [0.29, 0.717) is 12.1 Å². The number of ether oxygens (including phenoxy) is 1. The summed E-state index contributed by atoms with van der Waals surface area (Å²) in [5, 5.41) is 3.49. The largest absolute Gasteiger partial charge is 0.492 e. The molecule has 0 radical (unpaired) electrons. The van der Waals surface area contributed by atoms with Crippen LogP contribution in [0.2, 0.25) is 0 Å². The highest BCUT2D eigenvalue weighted by Gasteiger charge is 2.34. The number of fused-ring (bicyclic) bond motifs is 1. The van der Waals surface area contributed by atoms with Gasteiger partial charge in [-0.15, -0.1) is 0 Å². The number of benzene rings is 1. The molecule has 1 N–H and O–H groups in total. The van der Waals surface area contributed by atoms with Gasteiger partial charge in [0.1, 0.15) is 12.4 Å². The topological polar surface area (TPSA) is 24.5 Å². The number of likely N-dealkylation sites (tertiary alicyclic amines) is 1. The zero-order valence-corrected chi connectivity index (χ0v) is 11.1. The van der Waals surface area contributed by atoms with Crippen LogP contribution in [0.3, 0.4) is 0 Å². The van der Waals surface area contributed by atoms with E-state index in [1.54, 1.807) is 0 Å². The van der Waals surface area contributed by atoms with Crippen molar-refractivity contribution in [2.45, 2.75) is 31.3 Å². The quantitative estimate of drug-likeness (QED) is 0.865. The van der Waals surface area contributed by atoms with Crippen LogP contribution >= 0.6 is 0 Å². The molecule has 0 spiro atoms. The second-order valence-corrected chi connectivity index (χ2v) is 5.28. The van der Waals surface area contributed by atoms with E-state index in [0.717, 1.165) is 12.4 Å². The predicted octanol–water partition coefficient (Wildman–Crippen LogP) is 2.19. The zero-order valence-electron chi connectivity index (χ0n) is 11.1. The van der Waals surface area contributed by atoms with Crippen LogP contribution in [-0.2, 0) is 0 Å². The minimum Gasteiger partial charge on any atom is -0.492 e. The molecule has 0 aliphatic carbocycles. The highest BCUT2D eigenvalue weighted by Crippen LogP contribution is 2.34. The second kappa shape index (κ2) is 5.29. The molecule has 0 bridgehead atoms. The fraction of sp³-hybridized carbons (Fsp3) is 0.600. The molecule has 18 heavy (non-hydrogen) atoms. The fourth-order valence-electron chi connectivity index (χ4n) is 3.26. The first kappa shape index (κ1) is 12.0. The van der Waals surface area contributed by atoms with Gasteiger partial charge in [-0.2, -0.15) is 0 Å². The van der Waals surface area contributed by atoms with E-state index in [1.807, 2.05) is 6.07 Å². The summed E-state index contributed by atoms with van der Waals surface area (Å²) in [7, 11) is 2.06. The lowest BCUT2D eigenvalue weighted by Gasteiger charge is -2.42. The molecule has 0 amide bonds. The van der Waals surface area contributed by atoms with Gasteiger partial charge in [0.15, 0.2) is 0 Å². The van der Waals surface area contributed by atoms with Gasteiger partial charge in [-0.25, -0.2) is 0 Å². The fourth-order valence-corrected chi connectivity index (χ4v) is 3.26. The number of likely N-dealkylation sites (N-methyl/N-ethyl adjacent to an activating group) is 1. The predicted molar refractivity (Wildman–Crippen MR) is 72.9 cm³/mol. The van der Waals surface area contributed by atoms with Crippen molar-refractivity contribution >= 4 is 0 Å². The molecule has 1 fully saturated rings. The van der Waals surface area contributed by atoms with Crippen molar-refractivity contribution in [3.63, 3.8) is 0 Å². The third kappa shape index (κ3) is 2.13. The monoisotopic (exact) mass is 246 g/mol. The summed E-state index contributed by atoms with van der Waals surface area (Å²) in [6, 6.07) is 9.29. The Hall–Kier alpha value is -1.06. The normalized spacial score (nSPS) is 28.5. The third-order valence-electron chi connectivity index (χ3n) is 4.22. The average Bonchev–Trinajstić information content (AvgIpc) is 2.47. The van der Waals surface area contributed by atoms with Crippen LogP contribution in [-0.4, -0.2) is 37.7 Å². The number of piperidine rings is 1. The van der Waals surface area contributed by atoms with Crippen LogP contribution in [0.4, 0.5) is 0 Å². The van der Waals surface area contributed by atoms with Gasteiger partial charge in [0.05, 0.1) is 12.1 Å². The molecular formula is C15H22N2O. The summed E-state index contributed by atoms with van der Waals surface area (Å²) in [5.74, 6) is 1.05. The van der Waals surface area contributed by atoms with E-state index >= 15 is 0 Å². The van der Waals surface area contributed by atoms with E-state index in [1.165, 1.54) is 37.9 Å². The Bertz CT molecular complexity index is 401. The van der Waals surface area contributed by atoms with Gasteiger partial charge in [-0.1, -0.05) is 24.6 Å². The van der Waals surface area contributed by atoms with Crippen LogP contribution in [0.25, 0.3) is 0 Å². The molecule has 1 aromatic carbocycles. The maximum Gasteiger partial charge on any atom is 0.124 e. The molecule has 3 rings (SSSR count). The first-order chi connectivity index (χ1) is 8.90. The zero-order chi connectivity index (χ0) is 12.4. The molecule has 2 heterocycles. The lowest BCUT2D eigenvalue weighted by molar-refractivity contribution is 0.0730. The van der Waals surface area contributed by atoms with E-state index in [-0.39, 0.29) is 0 Å². The van der Waals surface area contributed by atoms with E-state index in [2.05, 4.69) is 35.5 Å². The third-order valence-corrected chi connectivity index (χ3v) is 4.22. The Balaban J connectivity index is 1.84. The minimum absolute atomic E-state index is 0.396. The number of hydrogen-bond donors (Lipinski definition) is 1. The van der Waals surface area contributed by atoms with Crippen LogP contribution in [0.5, 0.6) is 5.75 Å². The SMILES string of the molecule is CNC1c2ccccc2OCC1N1CCCCC1. The number of hydrogen-bond acceptors (Lipinski definition) is 3. The van der Waals surface area contributed by atoms with Crippen molar-refractivity contribution in [3.8, 4) is 5.75 Å². The maximum absolute atomic E-state index is 5.94. The second-order valence-electron chi connectivity index (χ2n) is 5.28. The molecular weight excluding hydrogens is 224 g/mol. The molecule has 2 aliphatic rings. The van der Waals surface area contributed by atoms with Crippen molar-refractivity contribution < 1.29 is 4.74 Å². The molecule has 98 valence electrons. The van der Waals surface area contributed by atoms with Gasteiger partial charge >= 0.3 is 0 Å². The lowest BCUT2D eigenvalue weighted by atomic mass is 9.94. The van der Waals surface area contributed by atoms with Crippen LogP contribution < -0.4 is 10.1 Å². The van der Waals surface area contributed by atoms with E-state index in [9.17, 15) is 0 Å². The average molecular weight is 246 g/mol. The number of nitrogens with one attached hydrogen (secondary N) is 1. The molecule has 1 saturated heterocycles. The lowest BCUT2D eigenvalue weighted by Crippen LogP contribution is -2.51. The van der Waals surface area contributed by atoms with Crippen molar-refractivity contribution in [1.29, 1.82) is 0 Å². The van der Waals surface area contributed by atoms with Gasteiger partial charge in [0.25, 0.3) is 0 Å². The van der Waals surface area contributed by atoms with Gasteiger partial charge in [-0.3, -0.25) is 4.90 Å². The van der Waals surface area contributed by atoms with E-state index in [4.69, 9.17) is 4.74 Å². The first-order valence-corrected chi connectivity index (χ1v) is 7.03. The maximum atomic E-state index is 5.94. The summed E-state index contributed by atoms with van der Waals surface area (Å²) in [5.41, 5.74) is 1.31. The Morgan fingerprint density at radius 3 is 2.72 bits per heavy atom. The minimum atomic E-state index is 0.396. The van der Waals surface area contributed by atoms with Gasteiger partial charge in [0.2, 0.25) is 0 Å². The Kier molecular flexibility index (Phi) is 3.52. The Morgan fingerprint density at radius 1 is 1.17 bits per heavy atom. The Labute approximate surface area is 109 Å².